The minimum Gasteiger partial charge on any atom is -0.393 e. The van der Waals surface area contributed by atoms with Crippen molar-refractivity contribution in [1.82, 2.24) is 0 Å². The molecule has 0 aromatic carbocycles. The van der Waals surface area contributed by atoms with Crippen LogP contribution in [0.1, 0.15) is 53.4 Å². The SMILES string of the molecule is CC(CO)=C1CC2CC(C)(C)CC(O)CC12C. The van der Waals surface area contributed by atoms with Gasteiger partial charge in [-0.2, -0.15) is 0 Å². The summed E-state index contributed by atoms with van der Waals surface area (Å²) in [5, 5.41) is 19.5. The molecule has 0 bridgehead atoms. The first-order valence-corrected chi connectivity index (χ1v) is 6.76. The standard InChI is InChI=1S/C15H26O2/c1-10(9-16)13-5-11-6-14(2,3)7-12(17)8-15(11,13)4/h11-12,16-17H,5-9H2,1-4H3. The first-order valence-electron chi connectivity index (χ1n) is 6.76. The minimum atomic E-state index is -0.193. The van der Waals surface area contributed by atoms with Gasteiger partial charge in [-0.25, -0.2) is 0 Å². The third-order valence-corrected chi connectivity index (χ3v) is 5.04. The largest absolute Gasteiger partial charge is 0.393 e. The summed E-state index contributed by atoms with van der Waals surface area (Å²) in [4.78, 5) is 0. The summed E-state index contributed by atoms with van der Waals surface area (Å²) in [5.41, 5.74) is 2.91. The van der Waals surface area contributed by atoms with Crippen LogP contribution in [0.25, 0.3) is 0 Å². The molecule has 2 heteroatoms. The zero-order valence-electron chi connectivity index (χ0n) is 11.6. The smallest absolute Gasteiger partial charge is 0.0641 e. The number of aliphatic hydroxyl groups excluding tert-OH is 2. The summed E-state index contributed by atoms with van der Waals surface area (Å²) in [6.07, 6.45) is 3.90. The molecule has 2 fully saturated rings. The lowest BCUT2D eigenvalue weighted by Crippen LogP contribution is -2.42. The fourth-order valence-corrected chi connectivity index (χ4v) is 4.11. The van der Waals surface area contributed by atoms with Crippen LogP contribution < -0.4 is 0 Å². The van der Waals surface area contributed by atoms with Crippen molar-refractivity contribution in [3.05, 3.63) is 11.1 Å². The van der Waals surface area contributed by atoms with E-state index in [1.807, 2.05) is 6.92 Å². The molecule has 2 N–H and O–H groups in total. The van der Waals surface area contributed by atoms with Crippen LogP contribution in [0.4, 0.5) is 0 Å². The number of allylic oxidation sites excluding steroid dienone is 1. The molecule has 2 saturated carbocycles. The van der Waals surface area contributed by atoms with Crippen molar-refractivity contribution in [2.75, 3.05) is 6.61 Å². The van der Waals surface area contributed by atoms with E-state index in [0.29, 0.717) is 5.92 Å². The van der Waals surface area contributed by atoms with E-state index in [0.717, 1.165) is 24.8 Å². The van der Waals surface area contributed by atoms with Gasteiger partial charge in [0.2, 0.25) is 0 Å². The van der Waals surface area contributed by atoms with E-state index in [-0.39, 0.29) is 23.5 Å². The molecule has 0 heterocycles. The van der Waals surface area contributed by atoms with Gasteiger partial charge in [0.25, 0.3) is 0 Å². The van der Waals surface area contributed by atoms with Gasteiger partial charge in [-0.05, 0) is 54.9 Å². The maximum Gasteiger partial charge on any atom is 0.0641 e. The van der Waals surface area contributed by atoms with Gasteiger partial charge in [-0.3, -0.25) is 0 Å². The lowest BCUT2D eigenvalue weighted by Gasteiger charge is -2.52. The lowest BCUT2D eigenvalue weighted by molar-refractivity contribution is 0.0648. The summed E-state index contributed by atoms with van der Waals surface area (Å²) in [7, 11) is 0. The van der Waals surface area contributed by atoms with E-state index in [4.69, 9.17) is 0 Å². The van der Waals surface area contributed by atoms with Crippen LogP contribution >= 0.6 is 0 Å². The predicted molar refractivity (Wildman–Crippen MR) is 69.6 cm³/mol. The molecule has 98 valence electrons. The van der Waals surface area contributed by atoms with Crippen LogP contribution in [0.15, 0.2) is 11.1 Å². The van der Waals surface area contributed by atoms with Crippen LogP contribution in [-0.4, -0.2) is 22.9 Å². The van der Waals surface area contributed by atoms with Crippen molar-refractivity contribution >= 4 is 0 Å². The van der Waals surface area contributed by atoms with Crippen molar-refractivity contribution in [3.63, 3.8) is 0 Å². The topological polar surface area (TPSA) is 40.5 Å². The van der Waals surface area contributed by atoms with Crippen LogP contribution in [0.5, 0.6) is 0 Å². The van der Waals surface area contributed by atoms with E-state index >= 15 is 0 Å². The number of hydrogen-bond acceptors (Lipinski definition) is 2. The second kappa shape index (κ2) is 4.10. The van der Waals surface area contributed by atoms with Crippen molar-refractivity contribution < 1.29 is 10.2 Å². The highest BCUT2D eigenvalue weighted by Gasteiger charge is 2.52. The molecule has 3 unspecified atom stereocenters. The number of aliphatic hydroxyl groups is 2. The Morgan fingerprint density at radius 3 is 2.47 bits per heavy atom. The average Bonchev–Trinajstić information content (AvgIpc) is 2.26. The molecule has 0 radical (unpaired) electrons. The number of hydrogen-bond donors (Lipinski definition) is 2. The van der Waals surface area contributed by atoms with Crippen molar-refractivity contribution in [2.45, 2.75) is 59.5 Å². The van der Waals surface area contributed by atoms with E-state index in [1.165, 1.54) is 12.0 Å². The van der Waals surface area contributed by atoms with E-state index in [2.05, 4.69) is 20.8 Å². The molecule has 0 aromatic rings. The van der Waals surface area contributed by atoms with Crippen LogP contribution in [0, 0.1) is 16.7 Å². The van der Waals surface area contributed by atoms with E-state index < -0.39 is 0 Å². The molecule has 0 saturated heterocycles. The fourth-order valence-electron chi connectivity index (χ4n) is 4.11. The minimum absolute atomic E-state index is 0.139. The van der Waals surface area contributed by atoms with E-state index in [1.54, 1.807) is 0 Å². The second-order valence-electron chi connectivity index (χ2n) is 7.17. The molecule has 0 amide bonds. The zero-order chi connectivity index (χ0) is 12.8. The molecule has 0 aliphatic heterocycles. The maximum absolute atomic E-state index is 10.2. The Bertz CT molecular complexity index is 343. The quantitative estimate of drug-likeness (QED) is 0.690. The lowest BCUT2D eigenvalue weighted by atomic mass is 9.53. The molecule has 0 spiro atoms. The van der Waals surface area contributed by atoms with Crippen LogP contribution in [0.3, 0.4) is 0 Å². The van der Waals surface area contributed by atoms with Gasteiger partial charge in [-0.1, -0.05) is 26.3 Å². The average molecular weight is 238 g/mol. The first kappa shape index (κ1) is 13.1. The Balaban J connectivity index is 2.28. The van der Waals surface area contributed by atoms with Gasteiger partial charge >= 0.3 is 0 Å². The maximum atomic E-state index is 10.2. The normalized spacial score (nSPS) is 43.4. The first-order chi connectivity index (χ1) is 7.78. The second-order valence-corrected chi connectivity index (χ2v) is 7.17. The predicted octanol–water partition coefficient (Wildman–Crippen LogP) is 2.89. The molecule has 0 aromatic heterocycles. The highest BCUT2D eigenvalue weighted by atomic mass is 16.3. The van der Waals surface area contributed by atoms with Gasteiger partial charge in [0.1, 0.15) is 0 Å². The highest BCUT2D eigenvalue weighted by molar-refractivity contribution is 5.31. The third-order valence-electron chi connectivity index (χ3n) is 5.04. The summed E-state index contributed by atoms with van der Waals surface area (Å²) in [5.74, 6) is 0.686. The molecule has 2 aliphatic carbocycles. The number of rotatable bonds is 1. The zero-order valence-corrected chi connectivity index (χ0v) is 11.6. The van der Waals surface area contributed by atoms with Crippen molar-refractivity contribution in [2.24, 2.45) is 16.7 Å². The Kier molecular flexibility index (Phi) is 3.16. The van der Waals surface area contributed by atoms with Gasteiger partial charge in [0, 0.05) is 0 Å². The Morgan fingerprint density at radius 1 is 1.24 bits per heavy atom. The Hall–Kier alpha value is -0.340. The van der Waals surface area contributed by atoms with Crippen LogP contribution in [0.2, 0.25) is 0 Å². The fraction of sp³-hybridized carbons (Fsp3) is 0.867. The van der Waals surface area contributed by atoms with Crippen LogP contribution in [-0.2, 0) is 0 Å². The molecule has 17 heavy (non-hydrogen) atoms. The molecule has 2 nitrogen and oxygen atoms in total. The molecular weight excluding hydrogens is 212 g/mol. The Labute approximate surface area is 105 Å². The molecule has 2 aliphatic rings. The molecule has 2 rings (SSSR count). The summed E-state index contributed by atoms with van der Waals surface area (Å²) in [6, 6.07) is 0. The third kappa shape index (κ3) is 2.17. The van der Waals surface area contributed by atoms with Gasteiger partial charge in [-0.15, -0.1) is 0 Å². The highest BCUT2D eigenvalue weighted by Crippen LogP contribution is 2.61. The monoisotopic (exact) mass is 238 g/mol. The van der Waals surface area contributed by atoms with Gasteiger partial charge < -0.3 is 10.2 Å². The Morgan fingerprint density at radius 2 is 1.88 bits per heavy atom. The summed E-state index contributed by atoms with van der Waals surface area (Å²) >= 11 is 0. The van der Waals surface area contributed by atoms with Crippen molar-refractivity contribution in [3.8, 4) is 0 Å². The summed E-state index contributed by atoms with van der Waals surface area (Å²) < 4.78 is 0. The number of fused-ring (bicyclic) bond motifs is 1. The van der Waals surface area contributed by atoms with Gasteiger partial charge in [0.15, 0.2) is 0 Å². The van der Waals surface area contributed by atoms with Crippen molar-refractivity contribution in [1.29, 1.82) is 0 Å². The van der Waals surface area contributed by atoms with E-state index in [9.17, 15) is 10.2 Å². The molecule has 3 atom stereocenters. The summed E-state index contributed by atoms with van der Waals surface area (Å²) in [6.45, 7) is 9.00. The molecular formula is C15H26O2. The van der Waals surface area contributed by atoms with Gasteiger partial charge in [0.05, 0.1) is 12.7 Å².